The highest BCUT2D eigenvalue weighted by Crippen LogP contribution is 2.53. The number of aromatic nitrogens is 1. The number of aliphatic hydroxyl groups is 1. The maximum atomic E-state index is 12.7. The number of nitrogens with zero attached hydrogens (tertiary/aromatic N) is 2. The highest BCUT2D eigenvalue weighted by Gasteiger charge is 2.54. The van der Waals surface area contributed by atoms with Crippen LogP contribution in [0.1, 0.15) is 46.9 Å². The lowest BCUT2D eigenvalue weighted by atomic mass is 9.72. The summed E-state index contributed by atoms with van der Waals surface area (Å²) in [7, 11) is 0. The number of likely N-dealkylation sites (tertiary alicyclic amines) is 1. The van der Waals surface area contributed by atoms with Crippen molar-refractivity contribution in [3.05, 3.63) is 71.6 Å². The van der Waals surface area contributed by atoms with Gasteiger partial charge in [-0.05, 0) is 42.5 Å². The molecule has 5 heteroatoms. The summed E-state index contributed by atoms with van der Waals surface area (Å²) in [6.45, 7) is 3.23. The van der Waals surface area contributed by atoms with Gasteiger partial charge in [0.25, 0.3) is 5.91 Å². The highest BCUT2D eigenvalue weighted by molar-refractivity contribution is 5.92. The first-order valence-electron chi connectivity index (χ1n) is 10.3. The number of rotatable bonds is 2. The predicted molar refractivity (Wildman–Crippen MR) is 108 cm³/mol. The number of fused-ring (bicyclic) bond motifs is 2. The van der Waals surface area contributed by atoms with Crippen molar-refractivity contribution in [2.45, 2.75) is 36.8 Å². The molecule has 146 valence electrons. The summed E-state index contributed by atoms with van der Waals surface area (Å²) in [6.07, 6.45) is 8.44. The number of hydrogen-bond donors (Lipinski definition) is 2. The number of carbonyl (C=O) groups excluding carboxylic acids is 1. The molecule has 2 atom stereocenters. The Morgan fingerprint density at radius 2 is 1.89 bits per heavy atom. The second-order valence-corrected chi connectivity index (χ2v) is 8.26. The minimum Gasteiger partial charge on any atom is -0.390 e. The zero-order chi connectivity index (χ0) is 19.1. The van der Waals surface area contributed by atoms with E-state index in [1.807, 2.05) is 17.0 Å². The first kappa shape index (κ1) is 17.7. The van der Waals surface area contributed by atoms with Gasteiger partial charge in [-0.2, -0.15) is 0 Å². The summed E-state index contributed by atoms with van der Waals surface area (Å²) in [5.74, 6) is 0.0540. The maximum Gasteiger partial charge on any atom is 0.270 e. The Kier molecular flexibility index (Phi) is 4.37. The molecule has 3 aliphatic rings. The second-order valence-electron chi connectivity index (χ2n) is 8.26. The van der Waals surface area contributed by atoms with Crippen LogP contribution in [0.4, 0.5) is 0 Å². The lowest BCUT2D eigenvalue weighted by Gasteiger charge is -2.44. The van der Waals surface area contributed by atoms with Crippen LogP contribution in [0.5, 0.6) is 0 Å². The molecular weight excluding hydrogens is 350 g/mol. The maximum absolute atomic E-state index is 12.7. The summed E-state index contributed by atoms with van der Waals surface area (Å²) < 4.78 is 0. The molecule has 1 amide bonds. The van der Waals surface area contributed by atoms with Gasteiger partial charge < -0.3 is 15.0 Å². The third-order valence-corrected chi connectivity index (χ3v) is 6.94. The molecule has 1 saturated heterocycles. The van der Waals surface area contributed by atoms with Gasteiger partial charge in [-0.15, -0.1) is 0 Å². The molecule has 1 aliphatic carbocycles. The minimum absolute atomic E-state index is 0.0480. The molecule has 0 radical (unpaired) electrons. The van der Waals surface area contributed by atoms with E-state index in [9.17, 15) is 9.90 Å². The SMILES string of the molecule is O=C(c1ccc[nH]1)N1CCC2(CC1)c1ccccc1[C@@H](N1CC=CCC1)[C@@H]2O. The Hall–Kier alpha value is -2.37. The van der Waals surface area contributed by atoms with Crippen molar-refractivity contribution in [1.82, 2.24) is 14.8 Å². The van der Waals surface area contributed by atoms with Gasteiger partial charge in [0.2, 0.25) is 0 Å². The number of amides is 1. The molecule has 2 aromatic rings. The van der Waals surface area contributed by atoms with Crippen molar-refractivity contribution in [3.63, 3.8) is 0 Å². The first-order chi connectivity index (χ1) is 13.7. The number of carbonyl (C=O) groups is 1. The summed E-state index contributed by atoms with van der Waals surface area (Å²) in [4.78, 5) is 20.1. The Bertz CT molecular complexity index is 881. The van der Waals surface area contributed by atoms with Crippen LogP contribution < -0.4 is 0 Å². The molecule has 3 heterocycles. The molecule has 0 saturated carbocycles. The van der Waals surface area contributed by atoms with Crippen LogP contribution in [0.15, 0.2) is 54.7 Å². The number of aliphatic hydroxyl groups excluding tert-OH is 1. The summed E-state index contributed by atoms with van der Waals surface area (Å²) in [5.41, 5.74) is 2.94. The number of H-pyrrole nitrogens is 1. The number of aromatic amines is 1. The Morgan fingerprint density at radius 3 is 2.61 bits per heavy atom. The molecule has 2 aliphatic heterocycles. The van der Waals surface area contributed by atoms with Crippen LogP contribution in [0.2, 0.25) is 0 Å². The molecule has 1 aromatic carbocycles. The van der Waals surface area contributed by atoms with Gasteiger partial charge in [-0.25, -0.2) is 0 Å². The quantitative estimate of drug-likeness (QED) is 0.791. The molecule has 1 aromatic heterocycles. The monoisotopic (exact) mass is 377 g/mol. The third kappa shape index (κ3) is 2.65. The van der Waals surface area contributed by atoms with Crippen molar-refractivity contribution in [2.75, 3.05) is 26.2 Å². The second kappa shape index (κ2) is 6.90. The predicted octanol–water partition coefficient (Wildman–Crippen LogP) is 2.87. The lowest BCUT2D eigenvalue weighted by molar-refractivity contribution is -0.0114. The fraction of sp³-hybridized carbons (Fsp3) is 0.435. The fourth-order valence-electron chi connectivity index (χ4n) is 5.46. The van der Waals surface area contributed by atoms with Crippen LogP contribution in [-0.4, -0.2) is 58.1 Å². The number of piperidine rings is 1. The van der Waals surface area contributed by atoms with E-state index in [2.05, 4.69) is 46.3 Å². The zero-order valence-electron chi connectivity index (χ0n) is 16.1. The van der Waals surface area contributed by atoms with Gasteiger partial charge >= 0.3 is 0 Å². The summed E-state index contributed by atoms with van der Waals surface area (Å²) in [6, 6.07) is 12.3. The van der Waals surface area contributed by atoms with E-state index in [0.717, 1.165) is 32.4 Å². The normalized spacial score (nSPS) is 26.5. The standard InChI is InChI=1S/C23H27N3O2/c27-21-20(25-13-4-1-5-14-25)17-7-2-3-8-18(17)23(21)10-15-26(16-11-23)22(28)19-9-6-12-24-19/h1-4,6-9,12,20-21,24,27H,5,10-11,13-16H2/t20-,21+/m1/s1. The van der Waals surface area contributed by atoms with Crippen LogP contribution in [-0.2, 0) is 5.41 Å². The van der Waals surface area contributed by atoms with Gasteiger partial charge in [0.15, 0.2) is 0 Å². The lowest BCUT2D eigenvalue weighted by Crippen LogP contribution is -2.51. The van der Waals surface area contributed by atoms with Gasteiger partial charge in [-0.1, -0.05) is 36.4 Å². The van der Waals surface area contributed by atoms with E-state index >= 15 is 0 Å². The molecule has 0 bridgehead atoms. The Labute approximate surface area is 165 Å². The van der Waals surface area contributed by atoms with Gasteiger partial charge in [0.1, 0.15) is 5.69 Å². The average Bonchev–Trinajstić information content (AvgIpc) is 3.36. The minimum atomic E-state index is -0.431. The van der Waals surface area contributed by atoms with Crippen LogP contribution in [0.3, 0.4) is 0 Å². The van der Waals surface area contributed by atoms with Crippen molar-refractivity contribution in [1.29, 1.82) is 0 Å². The van der Waals surface area contributed by atoms with E-state index in [4.69, 9.17) is 0 Å². The van der Waals surface area contributed by atoms with Crippen LogP contribution in [0, 0.1) is 0 Å². The van der Waals surface area contributed by atoms with Crippen molar-refractivity contribution in [2.24, 2.45) is 0 Å². The number of hydrogen-bond acceptors (Lipinski definition) is 3. The smallest absolute Gasteiger partial charge is 0.270 e. The van der Waals surface area contributed by atoms with Crippen molar-refractivity contribution < 1.29 is 9.90 Å². The number of nitrogens with one attached hydrogen (secondary N) is 1. The van der Waals surface area contributed by atoms with E-state index in [1.165, 1.54) is 11.1 Å². The molecule has 28 heavy (non-hydrogen) atoms. The number of benzene rings is 1. The summed E-state index contributed by atoms with van der Waals surface area (Å²) >= 11 is 0. The van der Waals surface area contributed by atoms with Gasteiger partial charge in [-0.3, -0.25) is 9.69 Å². The van der Waals surface area contributed by atoms with Crippen molar-refractivity contribution in [3.8, 4) is 0 Å². The first-order valence-corrected chi connectivity index (χ1v) is 10.3. The topological polar surface area (TPSA) is 59.6 Å². The van der Waals surface area contributed by atoms with Crippen LogP contribution in [0.25, 0.3) is 0 Å². The van der Waals surface area contributed by atoms with E-state index < -0.39 is 6.10 Å². The van der Waals surface area contributed by atoms with E-state index in [-0.39, 0.29) is 17.4 Å². The molecule has 2 N–H and O–H groups in total. The molecule has 1 fully saturated rings. The van der Waals surface area contributed by atoms with Crippen molar-refractivity contribution >= 4 is 5.91 Å². The van der Waals surface area contributed by atoms with E-state index in [1.54, 1.807) is 6.20 Å². The highest BCUT2D eigenvalue weighted by atomic mass is 16.3. The van der Waals surface area contributed by atoms with Crippen LogP contribution >= 0.6 is 0 Å². The van der Waals surface area contributed by atoms with E-state index in [0.29, 0.717) is 18.8 Å². The largest absolute Gasteiger partial charge is 0.390 e. The molecule has 5 rings (SSSR count). The molecule has 1 spiro atoms. The Morgan fingerprint density at radius 1 is 1.07 bits per heavy atom. The third-order valence-electron chi connectivity index (χ3n) is 6.94. The zero-order valence-corrected chi connectivity index (χ0v) is 16.1. The van der Waals surface area contributed by atoms with Gasteiger partial charge in [0, 0.05) is 37.8 Å². The average molecular weight is 377 g/mol. The Balaban J connectivity index is 1.42. The molecule has 5 nitrogen and oxygen atoms in total. The molecular formula is C23H27N3O2. The summed E-state index contributed by atoms with van der Waals surface area (Å²) in [5, 5.41) is 11.6. The van der Waals surface area contributed by atoms with Gasteiger partial charge in [0.05, 0.1) is 12.1 Å². The fourth-order valence-corrected chi connectivity index (χ4v) is 5.46. The molecule has 0 unspecified atom stereocenters.